The van der Waals surface area contributed by atoms with Crippen LogP contribution >= 0.6 is 0 Å². The van der Waals surface area contributed by atoms with Crippen LogP contribution in [0.15, 0.2) is 0 Å². The number of carbonyl (C=O) groups excluding carboxylic acids is 2. The molecule has 0 fully saturated rings. The second kappa shape index (κ2) is 6.51. The summed E-state index contributed by atoms with van der Waals surface area (Å²) in [7, 11) is 0. The first-order chi connectivity index (χ1) is 7.32. The third-order valence-corrected chi connectivity index (χ3v) is 2.20. The van der Waals surface area contributed by atoms with Crippen molar-refractivity contribution in [3.8, 4) is 0 Å². The molecule has 0 saturated heterocycles. The Kier molecular flexibility index (Phi) is 6.08. The van der Waals surface area contributed by atoms with Crippen molar-refractivity contribution in [1.82, 2.24) is 4.90 Å². The van der Waals surface area contributed by atoms with E-state index in [1.165, 1.54) is 0 Å². The molecule has 4 nitrogen and oxygen atoms in total. The minimum atomic E-state index is -0.398. The molecule has 0 aromatic carbocycles. The molecule has 0 N–H and O–H groups in total. The maximum absolute atomic E-state index is 11.9. The van der Waals surface area contributed by atoms with Gasteiger partial charge >= 0.3 is 5.97 Å². The van der Waals surface area contributed by atoms with Gasteiger partial charge in [-0.2, -0.15) is 0 Å². The molecule has 0 aliphatic heterocycles. The zero-order valence-electron chi connectivity index (χ0n) is 11.0. The van der Waals surface area contributed by atoms with E-state index in [0.29, 0.717) is 19.7 Å². The molecular weight excluding hydrogens is 206 g/mol. The molecule has 0 aromatic rings. The number of nitrogens with zero attached hydrogens (tertiary/aromatic N) is 1. The first-order valence-corrected chi connectivity index (χ1v) is 5.77. The van der Waals surface area contributed by atoms with Crippen molar-refractivity contribution in [2.75, 3.05) is 19.7 Å². The van der Waals surface area contributed by atoms with Gasteiger partial charge in [0.2, 0.25) is 5.91 Å². The summed E-state index contributed by atoms with van der Waals surface area (Å²) in [4.78, 5) is 24.8. The largest absolute Gasteiger partial charge is 0.466 e. The SMILES string of the molecule is CCOC(=O)CCN(CC)C(=O)C(C)(C)C. The predicted octanol–water partition coefficient (Wildman–Crippen LogP) is 1.83. The van der Waals surface area contributed by atoms with Gasteiger partial charge in [0.15, 0.2) is 0 Å². The number of carbonyl (C=O) groups is 2. The normalized spacial score (nSPS) is 11.1. The molecule has 1 amide bonds. The van der Waals surface area contributed by atoms with Crippen LogP contribution < -0.4 is 0 Å². The van der Waals surface area contributed by atoms with E-state index in [1.807, 2.05) is 27.7 Å². The van der Waals surface area contributed by atoms with E-state index in [2.05, 4.69) is 0 Å². The molecule has 0 saturated carbocycles. The van der Waals surface area contributed by atoms with Crippen LogP contribution in [0, 0.1) is 5.41 Å². The Labute approximate surface area is 98.0 Å². The van der Waals surface area contributed by atoms with Crippen LogP contribution in [0.25, 0.3) is 0 Å². The van der Waals surface area contributed by atoms with Crippen LogP contribution in [0.1, 0.15) is 41.0 Å². The van der Waals surface area contributed by atoms with Crippen molar-refractivity contribution in [3.05, 3.63) is 0 Å². The summed E-state index contributed by atoms with van der Waals surface area (Å²) in [5.74, 6) is -0.179. The number of esters is 1. The Balaban J connectivity index is 4.21. The summed E-state index contributed by atoms with van der Waals surface area (Å²) in [5.41, 5.74) is -0.398. The zero-order valence-corrected chi connectivity index (χ0v) is 11.0. The van der Waals surface area contributed by atoms with Crippen molar-refractivity contribution in [2.24, 2.45) is 5.41 Å². The van der Waals surface area contributed by atoms with Crippen molar-refractivity contribution in [2.45, 2.75) is 41.0 Å². The number of hydrogen-bond acceptors (Lipinski definition) is 3. The molecular formula is C12H23NO3. The highest BCUT2D eigenvalue weighted by molar-refractivity contribution is 5.82. The Morgan fingerprint density at radius 1 is 1.19 bits per heavy atom. The highest BCUT2D eigenvalue weighted by Crippen LogP contribution is 2.17. The summed E-state index contributed by atoms with van der Waals surface area (Å²) in [6, 6.07) is 0. The summed E-state index contributed by atoms with van der Waals surface area (Å²) < 4.78 is 4.83. The third-order valence-electron chi connectivity index (χ3n) is 2.20. The van der Waals surface area contributed by atoms with E-state index in [9.17, 15) is 9.59 Å². The van der Waals surface area contributed by atoms with Gasteiger partial charge in [0.25, 0.3) is 0 Å². The summed E-state index contributed by atoms with van der Waals surface area (Å²) >= 11 is 0. The molecule has 4 heteroatoms. The van der Waals surface area contributed by atoms with Crippen molar-refractivity contribution in [3.63, 3.8) is 0 Å². The predicted molar refractivity (Wildman–Crippen MR) is 63.0 cm³/mol. The average molecular weight is 229 g/mol. The third kappa shape index (κ3) is 5.14. The molecule has 0 atom stereocenters. The first kappa shape index (κ1) is 14.9. The zero-order chi connectivity index (χ0) is 12.8. The molecule has 0 bridgehead atoms. The Hall–Kier alpha value is -1.06. The first-order valence-electron chi connectivity index (χ1n) is 5.77. The lowest BCUT2D eigenvalue weighted by molar-refractivity contribution is -0.145. The van der Waals surface area contributed by atoms with Gasteiger partial charge in [-0.1, -0.05) is 20.8 Å². The van der Waals surface area contributed by atoms with Crippen molar-refractivity contribution in [1.29, 1.82) is 0 Å². The van der Waals surface area contributed by atoms with Gasteiger partial charge in [-0.3, -0.25) is 9.59 Å². The lowest BCUT2D eigenvalue weighted by atomic mass is 9.94. The number of hydrogen-bond donors (Lipinski definition) is 0. The van der Waals surface area contributed by atoms with E-state index in [1.54, 1.807) is 11.8 Å². The molecule has 0 aliphatic rings. The summed E-state index contributed by atoms with van der Waals surface area (Å²) in [5, 5.41) is 0. The van der Waals surface area contributed by atoms with Crippen LogP contribution in [0.4, 0.5) is 0 Å². The Morgan fingerprint density at radius 2 is 1.75 bits per heavy atom. The van der Waals surface area contributed by atoms with Crippen molar-refractivity contribution >= 4 is 11.9 Å². The average Bonchev–Trinajstić information content (AvgIpc) is 2.17. The lowest BCUT2D eigenvalue weighted by Gasteiger charge is -2.28. The number of ether oxygens (including phenoxy) is 1. The number of amides is 1. The van der Waals surface area contributed by atoms with Gasteiger partial charge in [-0.15, -0.1) is 0 Å². The molecule has 0 rings (SSSR count). The minimum absolute atomic E-state index is 0.0688. The minimum Gasteiger partial charge on any atom is -0.466 e. The van der Waals surface area contributed by atoms with E-state index in [-0.39, 0.29) is 18.3 Å². The second-order valence-corrected chi connectivity index (χ2v) is 4.69. The molecule has 94 valence electrons. The quantitative estimate of drug-likeness (QED) is 0.676. The molecule has 16 heavy (non-hydrogen) atoms. The van der Waals surface area contributed by atoms with Gasteiger partial charge in [0.1, 0.15) is 0 Å². The van der Waals surface area contributed by atoms with Gasteiger partial charge < -0.3 is 9.64 Å². The van der Waals surface area contributed by atoms with Crippen LogP contribution in [-0.2, 0) is 14.3 Å². The standard InChI is InChI=1S/C12H23NO3/c1-6-13(11(15)12(3,4)5)9-8-10(14)16-7-2/h6-9H2,1-5H3. The maximum Gasteiger partial charge on any atom is 0.307 e. The molecule has 0 unspecified atom stereocenters. The van der Waals surface area contributed by atoms with Crippen LogP contribution in [-0.4, -0.2) is 36.5 Å². The monoisotopic (exact) mass is 229 g/mol. The maximum atomic E-state index is 11.9. The Bertz CT molecular complexity index is 243. The fourth-order valence-corrected chi connectivity index (χ4v) is 1.34. The van der Waals surface area contributed by atoms with E-state index in [0.717, 1.165) is 0 Å². The van der Waals surface area contributed by atoms with Crippen LogP contribution in [0.5, 0.6) is 0 Å². The number of rotatable bonds is 5. The van der Waals surface area contributed by atoms with Crippen molar-refractivity contribution < 1.29 is 14.3 Å². The highest BCUT2D eigenvalue weighted by Gasteiger charge is 2.26. The molecule has 0 spiro atoms. The van der Waals surface area contributed by atoms with Gasteiger partial charge in [0, 0.05) is 18.5 Å². The molecule has 0 aliphatic carbocycles. The molecule has 0 heterocycles. The van der Waals surface area contributed by atoms with Gasteiger partial charge in [-0.25, -0.2) is 0 Å². The smallest absolute Gasteiger partial charge is 0.307 e. The second-order valence-electron chi connectivity index (χ2n) is 4.69. The molecule has 0 aromatic heterocycles. The van der Waals surface area contributed by atoms with E-state index in [4.69, 9.17) is 4.74 Å². The summed E-state index contributed by atoms with van der Waals surface area (Å²) in [6.07, 6.45) is 0.267. The fraction of sp³-hybridized carbons (Fsp3) is 0.833. The topological polar surface area (TPSA) is 46.6 Å². The van der Waals surface area contributed by atoms with E-state index < -0.39 is 5.41 Å². The fourth-order valence-electron chi connectivity index (χ4n) is 1.34. The lowest BCUT2D eigenvalue weighted by Crippen LogP contribution is -2.40. The van der Waals surface area contributed by atoms with Crippen LogP contribution in [0.3, 0.4) is 0 Å². The Morgan fingerprint density at radius 3 is 2.12 bits per heavy atom. The summed E-state index contributed by atoms with van der Waals surface area (Å²) in [6.45, 7) is 10.8. The van der Waals surface area contributed by atoms with Crippen LogP contribution in [0.2, 0.25) is 0 Å². The highest BCUT2D eigenvalue weighted by atomic mass is 16.5. The van der Waals surface area contributed by atoms with E-state index >= 15 is 0 Å². The van der Waals surface area contributed by atoms with Gasteiger partial charge in [0.05, 0.1) is 13.0 Å². The van der Waals surface area contributed by atoms with Gasteiger partial charge in [-0.05, 0) is 13.8 Å². The molecule has 0 radical (unpaired) electrons.